The van der Waals surface area contributed by atoms with Crippen LogP contribution in [-0.4, -0.2) is 9.55 Å². The lowest BCUT2D eigenvalue weighted by Crippen LogP contribution is -1.99. The topological polar surface area (TPSA) is 31.0 Å². The van der Waals surface area contributed by atoms with E-state index < -0.39 is 0 Å². The standard InChI is InChI=1S/C39H22N2O/c1-2-11-23(12-3-1)30-19-10-22-33(40-30)41-31-20-9-17-27-25-14-5-4-13-24(25)26-16-8-18-29-34(26)37(35(27)31)38(41)36-28-15-6-7-21-32(28)42-39(29)36/h1-22H. The molecule has 3 aromatic heterocycles. The van der Waals surface area contributed by atoms with Crippen LogP contribution in [0.4, 0.5) is 0 Å². The molecule has 0 spiro atoms. The van der Waals surface area contributed by atoms with Gasteiger partial charge in [-0.3, -0.25) is 4.57 Å². The molecule has 0 saturated carbocycles. The van der Waals surface area contributed by atoms with Gasteiger partial charge in [0.15, 0.2) is 0 Å². The van der Waals surface area contributed by atoms with E-state index in [1.807, 2.05) is 12.1 Å². The zero-order valence-corrected chi connectivity index (χ0v) is 22.5. The number of pyridine rings is 1. The van der Waals surface area contributed by atoms with Crippen LogP contribution in [0.3, 0.4) is 0 Å². The number of rotatable bonds is 2. The number of benzene rings is 6. The van der Waals surface area contributed by atoms with Gasteiger partial charge in [-0.25, -0.2) is 4.98 Å². The van der Waals surface area contributed by atoms with Crippen molar-refractivity contribution in [2.75, 3.05) is 0 Å². The fraction of sp³-hybridized carbons (Fsp3) is 0. The largest absolute Gasteiger partial charge is 0.455 e. The van der Waals surface area contributed by atoms with Crippen molar-refractivity contribution in [3.63, 3.8) is 0 Å². The molecule has 0 radical (unpaired) electrons. The van der Waals surface area contributed by atoms with E-state index in [0.717, 1.165) is 55.4 Å². The summed E-state index contributed by atoms with van der Waals surface area (Å²) >= 11 is 0. The molecule has 0 amide bonds. The first-order valence-corrected chi connectivity index (χ1v) is 14.3. The maximum atomic E-state index is 6.72. The molecule has 3 nitrogen and oxygen atoms in total. The van der Waals surface area contributed by atoms with E-state index in [4.69, 9.17) is 9.40 Å². The molecular weight excluding hydrogens is 512 g/mol. The molecule has 10 rings (SSSR count). The van der Waals surface area contributed by atoms with Crippen LogP contribution in [0.5, 0.6) is 0 Å². The Hall–Kier alpha value is -5.67. The number of nitrogens with zero attached hydrogens (tertiary/aromatic N) is 2. The minimum atomic E-state index is 0.894. The van der Waals surface area contributed by atoms with Crippen molar-refractivity contribution in [2.24, 2.45) is 0 Å². The highest BCUT2D eigenvalue weighted by Crippen LogP contribution is 2.53. The predicted octanol–water partition coefficient (Wildman–Crippen LogP) is 10.5. The Labute approximate surface area is 240 Å². The molecule has 42 heavy (non-hydrogen) atoms. The van der Waals surface area contributed by atoms with Crippen LogP contribution in [0.2, 0.25) is 0 Å². The van der Waals surface area contributed by atoms with Gasteiger partial charge in [-0.05, 0) is 46.5 Å². The van der Waals surface area contributed by atoms with Gasteiger partial charge in [0, 0.05) is 32.5 Å². The van der Waals surface area contributed by atoms with Crippen LogP contribution in [0, 0.1) is 0 Å². The first-order chi connectivity index (χ1) is 20.9. The second kappa shape index (κ2) is 7.96. The summed E-state index contributed by atoms with van der Waals surface area (Å²) < 4.78 is 9.09. The predicted molar refractivity (Wildman–Crippen MR) is 173 cm³/mol. The van der Waals surface area contributed by atoms with Crippen molar-refractivity contribution in [2.45, 2.75) is 0 Å². The molecule has 0 atom stereocenters. The molecule has 0 fully saturated rings. The van der Waals surface area contributed by atoms with Crippen molar-refractivity contribution in [3.05, 3.63) is 133 Å². The van der Waals surface area contributed by atoms with Gasteiger partial charge in [-0.1, -0.05) is 109 Å². The number of fused-ring (bicyclic) bond motifs is 8. The monoisotopic (exact) mass is 534 g/mol. The summed E-state index contributed by atoms with van der Waals surface area (Å²) in [6.45, 7) is 0. The number of furan rings is 1. The van der Waals surface area contributed by atoms with E-state index in [1.54, 1.807) is 0 Å². The third-order valence-electron chi connectivity index (χ3n) is 8.93. The number of hydrogen-bond acceptors (Lipinski definition) is 2. The average Bonchev–Trinajstić information content (AvgIpc) is 3.58. The van der Waals surface area contributed by atoms with E-state index in [1.165, 1.54) is 38.4 Å². The molecular formula is C39H22N2O. The van der Waals surface area contributed by atoms with Gasteiger partial charge in [-0.15, -0.1) is 0 Å². The maximum absolute atomic E-state index is 6.72. The second-order valence-corrected chi connectivity index (χ2v) is 11.1. The Balaban J connectivity index is 1.51. The molecule has 6 aromatic carbocycles. The highest BCUT2D eigenvalue weighted by molar-refractivity contribution is 6.39. The summed E-state index contributed by atoms with van der Waals surface area (Å²) in [7, 11) is 0. The molecule has 3 heterocycles. The molecule has 0 bridgehead atoms. The Morgan fingerprint density at radius 2 is 1.14 bits per heavy atom. The molecule has 3 heteroatoms. The molecule has 0 saturated heterocycles. The second-order valence-electron chi connectivity index (χ2n) is 11.1. The van der Waals surface area contributed by atoms with Crippen LogP contribution in [-0.2, 0) is 0 Å². The minimum Gasteiger partial charge on any atom is -0.455 e. The lowest BCUT2D eigenvalue weighted by atomic mass is 9.92. The van der Waals surface area contributed by atoms with Crippen LogP contribution in [0.1, 0.15) is 0 Å². The summed E-state index contributed by atoms with van der Waals surface area (Å²) in [5.74, 6) is 0.894. The Morgan fingerprint density at radius 1 is 0.476 bits per heavy atom. The van der Waals surface area contributed by atoms with E-state index in [9.17, 15) is 0 Å². The van der Waals surface area contributed by atoms with Crippen LogP contribution >= 0.6 is 0 Å². The number of para-hydroxylation sites is 1. The van der Waals surface area contributed by atoms with E-state index >= 15 is 0 Å². The molecule has 9 aromatic rings. The summed E-state index contributed by atoms with van der Waals surface area (Å²) in [5, 5.41) is 7.14. The maximum Gasteiger partial charge on any atom is 0.145 e. The van der Waals surface area contributed by atoms with E-state index in [0.29, 0.717) is 0 Å². The molecule has 1 aliphatic carbocycles. The quantitative estimate of drug-likeness (QED) is 0.221. The van der Waals surface area contributed by atoms with Crippen molar-refractivity contribution in [1.82, 2.24) is 9.55 Å². The fourth-order valence-electron chi connectivity index (χ4n) is 7.26. The first-order valence-electron chi connectivity index (χ1n) is 14.3. The van der Waals surface area contributed by atoms with Gasteiger partial charge in [-0.2, -0.15) is 0 Å². The Bertz CT molecular complexity index is 2570. The molecule has 0 N–H and O–H groups in total. The molecule has 1 aliphatic rings. The fourth-order valence-corrected chi connectivity index (χ4v) is 7.26. The minimum absolute atomic E-state index is 0.894. The van der Waals surface area contributed by atoms with Crippen molar-refractivity contribution < 1.29 is 4.42 Å². The third-order valence-corrected chi connectivity index (χ3v) is 8.93. The van der Waals surface area contributed by atoms with Gasteiger partial charge >= 0.3 is 0 Å². The van der Waals surface area contributed by atoms with Crippen molar-refractivity contribution in [1.29, 1.82) is 0 Å². The molecule has 194 valence electrons. The van der Waals surface area contributed by atoms with Crippen LogP contribution < -0.4 is 0 Å². The van der Waals surface area contributed by atoms with Crippen LogP contribution in [0.15, 0.2) is 138 Å². The molecule has 0 aliphatic heterocycles. The number of aromatic nitrogens is 2. The highest BCUT2D eigenvalue weighted by Gasteiger charge is 2.29. The zero-order valence-electron chi connectivity index (χ0n) is 22.5. The van der Waals surface area contributed by atoms with Crippen molar-refractivity contribution >= 4 is 54.5 Å². The highest BCUT2D eigenvalue weighted by atomic mass is 16.3. The van der Waals surface area contributed by atoms with Gasteiger partial charge < -0.3 is 4.42 Å². The van der Waals surface area contributed by atoms with E-state index in [-0.39, 0.29) is 0 Å². The third kappa shape index (κ3) is 2.72. The smallest absolute Gasteiger partial charge is 0.145 e. The molecule has 0 unspecified atom stereocenters. The van der Waals surface area contributed by atoms with Gasteiger partial charge in [0.25, 0.3) is 0 Å². The SMILES string of the molecule is c1ccc(-c2cccc(-n3c4cccc5c4c4c6c(cccc6c6oc7ccccc7c6c43)-c3ccccc3-5)n2)cc1. The average molecular weight is 535 g/mol. The first kappa shape index (κ1) is 22.1. The van der Waals surface area contributed by atoms with Crippen molar-refractivity contribution in [3.8, 4) is 39.3 Å². The summed E-state index contributed by atoms with van der Waals surface area (Å²) in [4.78, 5) is 5.28. The summed E-state index contributed by atoms with van der Waals surface area (Å²) in [5.41, 5.74) is 11.1. The van der Waals surface area contributed by atoms with Crippen LogP contribution in [0.25, 0.3) is 93.8 Å². The van der Waals surface area contributed by atoms with Gasteiger partial charge in [0.05, 0.1) is 22.1 Å². The Kier molecular flexibility index (Phi) is 4.18. The normalized spacial score (nSPS) is 12.3. The zero-order chi connectivity index (χ0) is 27.4. The van der Waals surface area contributed by atoms with Gasteiger partial charge in [0.1, 0.15) is 17.0 Å². The summed E-state index contributed by atoms with van der Waals surface area (Å²) in [6, 6.07) is 47.3. The number of hydrogen-bond donors (Lipinski definition) is 0. The lowest BCUT2D eigenvalue weighted by molar-refractivity contribution is 0.673. The lowest BCUT2D eigenvalue weighted by Gasteiger charge is -2.14. The van der Waals surface area contributed by atoms with Gasteiger partial charge in [0.2, 0.25) is 0 Å². The Morgan fingerprint density at radius 3 is 2.00 bits per heavy atom. The van der Waals surface area contributed by atoms with E-state index in [2.05, 4.69) is 126 Å². The summed E-state index contributed by atoms with van der Waals surface area (Å²) in [6.07, 6.45) is 0.